The highest BCUT2D eigenvalue weighted by Crippen LogP contribution is 1.99. The number of rotatable bonds is 2. The predicted octanol–water partition coefficient (Wildman–Crippen LogP) is 0.785. The molecule has 0 atom stereocenters. The fraction of sp³-hybridized carbons (Fsp3) is 0.333. The molecule has 0 aliphatic rings. The number of aromatic amines is 1. The van der Waals surface area contributed by atoms with Gasteiger partial charge in [0, 0.05) is 5.69 Å². The molecule has 0 spiro atoms. The van der Waals surface area contributed by atoms with Crippen LogP contribution in [0.15, 0.2) is 6.20 Å². The van der Waals surface area contributed by atoms with Crippen molar-refractivity contribution >= 4 is 6.29 Å². The molecule has 1 rings (SSSR count). The molecule has 0 aliphatic heterocycles. The molecule has 9 heavy (non-hydrogen) atoms. The lowest BCUT2D eigenvalue weighted by molar-refractivity contribution is 0.112. The van der Waals surface area contributed by atoms with Crippen LogP contribution in [0.1, 0.15) is 23.0 Å². The van der Waals surface area contributed by atoms with Crippen LogP contribution in [0.4, 0.5) is 0 Å². The van der Waals surface area contributed by atoms with E-state index in [1.807, 2.05) is 6.92 Å². The van der Waals surface area contributed by atoms with E-state index < -0.39 is 0 Å². The maximum absolute atomic E-state index is 10.2. The topological polar surface area (TPSA) is 45.8 Å². The van der Waals surface area contributed by atoms with Crippen LogP contribution in [0.25, 0.3) is 0 Å². The zero-order chi connectivity index (χ0) is 6.69. The SMILES string of the molecule is CCc1[nH]ncc1C=O. The van der Waals surface area contributed by atoms with E-state index >= 15 is 0 Å². The first-order chi connectivity index (χ1) is 4.38. The number of carbonyl (C=O) groups excluding carboxylic acids is 1. The van der Waals surface area contributed by atoms with Crippen molar-refractivity contribution in [2.75, 3.05) is 0 Å². The Labute approximate surface area is 53.1 Å². The monoisotopic (exact) mass is 124 g/mol. The van der Waals surface area contributed by atoms with Gasteiger partial charge in [-0.2, -0.15) is 5.10 Å². The summed E-state index contributed by atoms with van der Waals surface area (Å²) in [6.07, 6.45) is 3.17. The van der Waals surface area contributed by atoms with Crippen molar-refractivity contribution in [3.05, 3.63) is 17.5 Å². The molecule has 0 bridgehead atoms. The van der Waals surface area contributed by atoms with Gasteiger partial charge in [0.2, 0.25) is 0 Å². The Morgan fingerprint density at radius 1 is 1.89 bits per heavy atom. The van der Waals surface area contributed by atoms with Crippen molar-refractivity contribution in [1.29, 1.82) is 0 Å². The van der Waals surface area contributed by atoms with Gasteiger partial charge in [-0.25, -0.2) is 0 Å². The van der Waals surface area contributed by atoms with E-state index in [4.69, 9.17) is 0 Å². The van der Waals surface area contributed by atoms with Crippen molar-refractivity contribution in [3.63, 3.8) is 0 Å². The Hall–Kier alpha value is -1.12. The smallest absolute Gasteiger partial charge is 0.153 e. The highest BCUT2D eigenvalue weighted by molar-refractivity contribution is 5.75. The molecular weight excluding hydrogens is 116 g/mol. The molecule has 0 saturated heterocycles. The molecule has 0 fully saturated rings. The predicted molar refractivity (Wildman–Crippen MR) is 33.4 cm³/mol. The molecule has 0 aliphatic carbocycles. The maximum atomic E-state index is 10.2. The summed E-state index contributed by atoms with van der Waals surface area (Å²) in [6.45, 7) is 1.97. The standard InChI is InChI=1S/C6H8N2O/c1-2-6-5(4-9)3-7-8-6/h3-4H,2H2,1H3,(H,7,8). The number of hydrogen-bond donors (Lipinski definition) is 1. The van der Waals surface area contributed by atoms with Crippen LogP contribution < -0.4 is 0 Å². The minimum Gasteiger partial charge on any atom is -0.298 e. The van der Waals surface area contributed by atoms with Crippen LogP contribution >= 0.6 is 0 Å². The summed E-state index contributed by atoms with van der Waals surface area (Å²) in [5.41, 5.74) is 1.57. The first-order valence-corrected chi connectivity index (χ1v) is 2.86. The van der Waals surface area contributed by atoms with Gasteiger partial charge < -0.3 is 0 Å². The number of aryl methyl sites for hydroxylation is 1. The van der Waals surface area contributed by atoms with Crippen LogP contribution in [-0.4, -0.2) is 16.5 Å². The molecule has 0 radical (unpaired) electrons. The van der Waals surface area contributed by atoms with E-state index in [0.29, 0.717) is 5.56 Å². The van der Waals surface area contributed by atoms with Gasteiger partial charge in [0.25, 0.3) is 0 Å². The molecule has 3 heteroatoms. The largest absolute Gasteiger partial charge is 0.298 e. The van der Waals surface area contributed by atoms with Crippen molar-refractivity contribution < 1.29 is 4.79 Å². The van der Waals surface area contributed by atoms with Crippen molar-refractivity contribution in [3.8, 4) is 0 Å². The third kappa shape index (κ3) is 0.988. The van der Waals surface area contributed by atoms with Gasteiger partial charge in [0.05, 0.1) is 11.8 Å². The average Bonchev–Trinajstić information content (AvgIpc) is 2.33. The van der Waals surface area contributed by atoms with E-state index in [2.05, 4.69) is 10.2 Å². The fourth-order valence-electron chi connectivity index (χ4n) is 0.707. The molecule has 0 amide bonds. The first-order valence-electron chi connectivity index (χ1n) is 2.86. The van der Waals surface area contributed by atoms with Crippen molar-refractivity contribution in [1.82, 2.24) is 10.2 Å². The van der Waals surface area contributed by atoms with E-state index in [9.17, 15) is 4.79 Å². The number of aldehydes is 1. The van der Waals surface area contributed by atoms with Gasteiger partial charge >= 0.3 is 0 Å². The first kappa shape index (κ1) is 6.01. The third-order valence-corrected chi connectivity index (χ3v) is 1.23. The van der Waals surface area contributed by atoms with Gasteiger partial charge in [0.1, 0.15) is 0 Å². The number of H-pyrrole nitrogens is 1. The van der Waals surface area contributed by atoms with E-state index in [1.165, 1.54) is 6.20 Å². The molecule has 1 N–H and O–H groups in total. The highest BCUT2D eigenvalue weighted by atomic mass is 16.1. The molecule has 48 valence electrons. The van der Waals surface area contributed by atoms with Gasteiger partial charge in [-0.3, -0.25) is 9.89 Å². The Bertz CT molecular complexity index is 205. The molecule has 0 unspecified atom stereocenters. The summed E-state index contributed by atoms with van der Waals surface area (Å²) in [5, 5.41) is 6.43. The quantitative estimate of drug-likeness (QED) is 0.592. The molecule has 0 aromatic carbocycles. The Kier molecular flexibility index (Phi) is 1.63. The zero-order valence-corrected chi connectivity index (χ0v) is 5.22. The summed E-state index contributed by atoms with van der Waals surface area (Å²) < 4.78 is 0. The lowest BCUT2D eigenvalue weighted by Crippen LogP contribution is -1.85. The summed E-state index contributed by atoms with van der Waals surface area (Å²) >= 11 is 0. The number of hydrogen-bond acceptors (Lipinski definition) is 2. The summed E-state index contributed by atoms with van der Waals surface area (Å²) in [6, 6.07) is 0. The van der Waals surface area contributed by atoms with Crippen molar-refractivity contribution in [2.24, 2.45) is 0 Å². The zero-order valence-electron chi connectivity index (χ0n) is 5.22. The minimum atomic E-state index is 0.664. The maximum Gasteiger partial charge on any atom is 0.153 e. The van der Waals surface area contributed by atoms with Crippen LogP contribution in [0, 0.1) is 0 Å². The van der Waals surface area contributed by atoms with Gasteiger partial charge in [-0.15, -0.1) is 0 Å². The summed E-state index contributed by atoms with van der Waals surface area (Å²) in [4.78, 5) is 10.2. The lowest BCUT2D eigenvalue weighted by Gasteiger charge is -1.86. The van der Waals surface area contributed by atoms with E-state index in [0.717, 1.165) is 18.4 Å². The molecule has 1 aromatic rings. The van der Waals surface area contributed by atoms with Gasteiger partial charge in [-0.1, -0.05) is 6.92 Å². The van der Waals surface area contributed by atoms with Gasteiger partial charge in [-0.05, 0) is 6.42 Å². The number of nitrogens with zero attached hydrogens (tertiary/aromatic N) is 1. The normalized spacial score (nSPS) is 9.44. The Balaban J connectivity index is 2.98. The van der Waals surface area contributed by atoms with Crippen molar-refractivity contribution in [2.45, 2.75) is 13.3 Å². The summed E-state index contributed by atoms with van der Waals surface area (Å²) in [7, 11) is 0. The Morgan fingerprint density at radius 3 is 3.11 bits per heavy atom. The molecule has 1 heterocycles. The number of carbonyl (C=O) groups is 1. The molecular formula is C6H8N2O. The second kappa shape index (κ2) is 2.44. The summed E-state index contributed by atoms with van der Waals surface area (Å²) in [5.74, 6) is 0. The number of aromatic nitrogens is 2. The third-order valence-electron chi connectivity index (χ3n) is 1.23. The second-order valence-corrected chi connectivity index (χ2v) is 1.78. The average molecular weight is 124 g/mol. The van der Waals surface area contributed by atoms with E-state index in [-0.39, 0.29) is 0 Å². The van der Waals surface area contributed by atoms with E-state index in [1.54, 1.807) is 0 Å². The van der Waals surface area contributed by atoms with Crippen LogP contribution in [0.5, 0.6) is 0 Å². The fourth-order valence-corrected chi connectivity index (χ4v) is 0.707. The molecule has 1 aromatic heterocycles. The highest BCUT2D eigenvalue weighted by Gasteiger charge is 1.98. The second-order valence-electron chi connectivity index (χ2n) is 1.78. The Morgan fingerprint density at radius 2 is 2.67 bits per heavy atom. The molecule has 3 nitrogen and oxygen atoms in total. The van der Waals surface area contributed by atoms with Gasteiger partial charge in [0.15, 0.2) is 6.29 Å². The molecule has 0 saturated carbocycles. The van der Waals surface area contributed by atoms with Crippen LogP contribution in [0.2, 0.25) is 0 Å². The number of nitrogens with one attached hydrogen (secondary N) is 1. The van der Waals surface area contributed by atoms with Crippen LogP contribution in [0.3, 0.4) is 0 Å². The minimum absolute atomic E-state index is 0.664. The van der Waals surface area contributed by atoms with Crippen LogP contribution in [-0.2, 0) is 6.42 Å². The lowest BCUT2D eigenvalue weighted by atomic mass is 10.2.